The van der Waals surface area contributed by atoms with Crippen molar-refractivity contribution in [1.82, 2.24) is 4.57 Å². The topological polar surface area (TPSA) is 22.0 Å². The number of aromatic nitrogens is 1. The summed E-state index contributed by atoms with van der Waals surface area (Å²) in [6.45, 7) is 2.77. The molecule has 0 N–H and O–H groups in total. The molecule has 2 aromatic rings. The molecule has 2 nitrogen and oxygen atoms in total. The first-order valence-electron chi connectivity index (χ1n) is 6.42. The highest BCUT2D eigenvalue weighted by molar-refractivity contribution is 5.29. The zero-order valence-corrected chi connectivity index (χ0v) is 11.8. The maximum absolute atomic E-state index is 13.3. The van der Waals surface area contributed by atoms with Crippen LogP contribution in [-0.2, 0) is 19.4 Å². The van der Waals surface area contributed by atoms with Crippen molar-refractivity contribution in [2.75, 3.05) is 0 Å². The number of aryl methyl sites for hydroxylation is 1. The van der Waals surface area contributed by atoms with Gasteiger partial charge in [0, 0.05) is 26.0 Å². The summed E-state index contributed by atoms with van der Waals surface area (Å²) in [6.07, 6.45) is 0.448. The SMILES string of the molecule is Cc1cccc(Cc2ccc(C(C)(F)F)n(C)c2=O)c1. The Kier molecular flexibility index (Phi) is 3.75. The van der Waals surface area contributed by atoms with E-state index in [4.69, 9.17) is 0 Å². The van der Waals surface area contributed by atoms with Gasteiger partial charge in [0.25, 0.3) is 11.5 Å². The molecule has 0 saturated heterocycles. The summed E-state index contributed by atoms with van der Waals surface area (Å²) < 4.78 is 27.7. The fourth-order valence-electron chi connectivity index (χ4n) is 2.30. The molecule has 0 spiro atoms. The van der Waals surface area contributed by atoms with E-state index in [1.807, 2.05) is 31.2 Å². The minimum absolute atomic E-state index is 0.268. The summed E-state index contributed by atoms with van der Waals surface area (Å²) in [5, 5.41) is 0. The Morgan fingerprint density at radius 2 is 1.90 bits per heavy atom. The highest BCUT2D eigenvalue weighted by atomic mass is 19.3. The van der Waals surface area contributed by atoms with Gasteiger partial charge in [-0.15, -0.1) is 0 Å². The molecule has 0 aliphatic carbocycles. The highest BCUT2D eigenvalue weighted by Crippen LogP contribution is 2.25. The van der Waals surface area contributed by atoms with Gasteiger partial charge in [0.2, 0.25) is 0 Å². The lowest BCUT2D eigenvalue weighted by Crippen LogP contribution is -2.28. The quantitative estimate of drug-likeness (QED) is 0.843. The molecule has 0 aliphatic heterocycles. The molecule has 1 aromatic carbocycles. The van der Waals surface area contributed by atoms with Gasteiger partial charge in [0.05, 0.1) is 5.69 Å². The molecule has 2 rings (SSSR count). The third kappa shape index (κ3) is 2.95. The van der Waals surface area contributed by atoms with Crippen LogP contribution < -0.4 is 5.56 Å². The fourth-order valence-corrected chi connectivity index (χ4v) is 2.30. The number of hydrogen-bond donors (Lipinski definition) is 0. The van der Waals surface area contributed by atoms with Gasteiger partial charge >= 0.3 is 0 Å². The largest absolute Gasteiger partial charge is 0.310 e. The van der Waals surface area contributed by atoms with Crippen LogP contribution >= 0.6 is 0 Å². The zero-order chi connectivity index (χ0) is 14.9. The van der Waals surface area contributed by atoms with Gasteiger partial charge in [-0.25, -0.2) is 8.78 Å². The Balaban J connectivity index is 2.40. The van der Waals surface area contributed by atoms with Crippen molar-refractivity contribution < 1.29 is 8.78 Å². The van der Waals surface area contributed by atoms with E-state index in [0.717, 1.165) is 22.6 Å². The minimum atomic E-state index is -3.02. The van der Waals surface area contributed by atoms with Crippen molar-refractivity contribution in [3.05, 3.63) is 69.1 Å². The molecular weight excluding hydrogens is 260 g/mol. The molecule has 4 heteroatoms. The summed E-state index contributed by atoms with van der Waals surface area (Å²) in [5.41, 5.74) is 1.99. The molecule has 0 aliphatic rings. The van der Waals surface area contributed by atoms with Crippen LogP contribution in [0.15, 0.2) is 41.2 Å². The van der Waals surface area contributed by atoms with E-state index < -0.39 is 5.92 Å². The lowest BCUT2D eigenvalue weighted by molar-refractivity contribution is 0.00879. The molecule has 0 amide bonds. The van der Waals surface area contributed by atoms with Crippen LogP contribution in [-0.4, -0.2) is 4.57 Å². The van der Waals surface area contributed by atoms with Crippen molar-refractivity contribution >= 4 is 0 Å². The molecule has 0 saturated carbocycles. The molecule has 0 fully saturated rings. The minimum Gasteiger partial charge on any atom is -0.310 e. The van der Waals surface area contributed by atoms with E-state index in [0.29, 0.717) is 12.0 Å². The van der Waals surface area contributed by atoms with Gasteiger partial charge in [-0.1, -0.05) is 35.9 Å². The number of pyridine rings is 1. The van der Waals surface area contributed by atoms with Crippen molar-refractivity contribution in [2.24, 2.45) is 7.05 Å². The fraction of sp³-hybridized carbons (Fsp3) is 0.312. The molecule has 1 heterocycles. The van der Waals surface area contributed by atoms with Gasteiger partial charge in [-0.3, -0.25) is 4.79 Å². The Morgan fingerprint density at radius 1 is 1.20 bits per heavy atom. The smallest absolute Gasteiger partial charge is 0.285 e. The van der Waals surface area contributed by atoms with E-state index in [1.165, 1.54) is 19.2 Å². The van der Waals surface area contributed by atoms with Crippen LogP contribution in [0.3, 0.4) is 0 Å². The average molecular weight is 277 g/mol. The molecule has 0 atom stereocenters. The van der Waals surface area contributed by atoms with Crippen molar-refractivity contribution in [2.45, 2.75) is 26.2 Å². The Morgan fingerprint density at radius 3 is 2.50 bits per heavy atom. The summed E-state index contributed by atoms with van der Waals surface area (Å²) in [4.78, 5) is 12.2. The number of alkyl halides is 2. The molecule has 20 heavy (non-hydrogen) atoms. The predicted octanol–water partition coefficient (Wildman–Crippen LogP) is 3.40. The summed E-state index contributed by atoms with van der Waals surface area (Å²) in [7, 11) is 1.38. The Bertz CT molecular complexity index is 684. The summed E-state index contributed by atoms with van der Waals surface area (Å²) in [5.74, 6) is -3.02. The van der Waals surface area contributed by atoms with Crippen molar-refractivity contribution in [1.29, 1.82) is 0 Å². The Hall–Kier alpha value is -1.97. The van der Waals surface area contributed by atoms with E-state index in [1.54, 1.807) is 0 Å². The lowest BCUT2D eigenvalue weighted by Gasteiger charge is -2.16. The Labute approximate surface area is 116 Å². The van der Waals surface area contributed by atoms with Gasteiger partial charge in [-0.2, -0.15) is 0 Å². The van der Waals surface area contributed by atoms with E-state index in [9.17, 15) is 13.6 Å². The van der Waals surface area contributed by atoms with Crippen LogP contribution in [0.4, 0.5) is 8.78 Å². The highest BCUT2D eigenvalue weighted by Gasteiger charge is 2.27. The number of nitrogens with zero attached hydrogens (tertiary/aromatic N) is 1. The number of hydrogen-bond acceptors (Lipinski definition) is 1. The summed E-state index contributed by atoms with van der Waals surface area (Å²) in [6, 6.07) is 10.6. The van der Waals surface area contributed by atoms with Crippen molar-refractivity contribution in [3.63, 3.8) is 0 Å². The van der Waals surface area contributed by atoms with Crippen molar-refractivity contribution in [3.8, 4) is 0 Å². The molecule has 0 bridgehead atoms. The zero-order valence-electron chi connectivity index (χ0n) is 11.8. The first-order valence-corrected chi connectivity index (χ1v) is 6.42. The predicted molar refractivity (Wildman–Crippen MR) is 75.2 cm³/mol. The van der Waals surface area contributed by atoms with Gasteiger partial charge in [0.15, 0.2) is 0 Å². The monoisotopic (exact) mass is 277 g/mol. The second-order valence-corrected chi connectivity index (χ2v) is 5.16. The normalized spacial score (nSPS) is 11.7. The molecule has 0 radical (unpaired) electrons. The number of rotatable bonds is 3. The summed E-state index contributed by atoms with van der Waals surface area (Å²) >= 11 is 0. The van der Waals surface area contributed by atoms with Gasteiger partial charge in [-0.05, 0) is 18.6 Å². The number of benzene rings is 1. The first-order chi connectivity index (χ1) is 9.29. The first kappa shape index (κ1) is 14.4. The maximum atomic E-state index is 13.3. The molecular formula is C16H17F2NO. The maximum Gasteiger partial charge on any atom is 0.285 e. The van der Waals surface area contributed by atoms with E-state index in [-0.39, 0.29) is 11.3 Å². The van der Waals surface area contributed by atoms with Crippen LogP contribution in [0, 0.1) is 6.92 Å². The van der Waals surface area contributed by atoms with Gasteiger partial charge in [0.1, 0.15) is 0 Å². The van der Waals surface area contributed by atoms with Gasteiger partial charge < -0.3 is 4.57 Å². The van der Waals surface area contributed by atoms with Crippen LogP contribution in [0.5, 0.6) is 0 Å². The molecule has 106 valence electrons. The van der Waals surface area contributed by atoms with Crippen LogP contribution in [0.2, 0.25) is 0 Å². The lowest BCUT2D eigenvalue weighted by atomic mass is 10.0. The van der Waals surface area contributed by atoms with Crippen LogP contribution in [0.25, 0.3) is 0 Å². The second kappa shape index (κ2) is 5.19. The third-order valence-electron chi connectivity index (χ3n) is 3.31. The van der Waals surface area contributed by atoms with Crippen LogP contribution in [0.1, 0.15) is 29.3 Å². The van der Waals surface area contributed by atoms with E-state index >= 15 is 0 Å². The van der Waals surface area contributed by atoms with E-state index in [2.05, 4.69) is 0 Å². The second-order valence-electron chi connectivity index (χ2n) is 5.16. The number of halogens is 2. The molecule has 1 aromatic heterocycles. The third-order valence-corrected chi connectivity index (χ3v) is 3.31. The molecule has 0 unspecified atom stereocenters. The average Bonchev–Trinajstić information content (AvgIpc) is 2.33. The standard InChI is InChI=1S/C16H17F2NO/c1-11-5-4-6-12(9-11)10-13-7-8-14(16(2,17)18)19(3)15(13)20/h4-9H,10H2,1-3H3.